The fourth-order valence-corrected chi connectivity index (χ4v) is 3.64. The van der Waals surface area contributed by atoms with Crippen molar-refractivity contribution in [2.24, 2.45) is 0 Å². The van der Waals surface area contributed by atoms with Crippen LogP contribution in [0.4, 0.5) is 16.2 Å². The second-order valence-electron chi connectivity index (χ2n) is 7.23. The molecule has 0 saturated heterocycles. The molecule has 0 radical (unpaired) electrons. The Morgan fingerprint density at radius 2 is 1.84 bits per heavy atom. The summed E-state index contributed by atoms with van der Waals surface area (Å²) in [7, 11) is 0. The standard InChI is InChI=1S/C23H18FN7O/c1-14-19(22(32)28-18-4-2-3-11-26-18)20(15-9-12-25-13-10-15)31-23(27-14)29-21(30-31)16-5-7-17(24)8-6-16/h2-13,20H,1H3,(H,26,28,32)(H,27,29,30). The lowest BCUT2D eigenvalue weighted by atomic mass is 9.96. The number of aromatic nitrogens is 5. The molecule has 32 heavy (non-hydrogen) atoms. The van der Waals surface area contributed by atoms with Gasteiger partial charge in [0, 0.05) is 29.9 Å². The molecule has 0 aliphatic carbocycles. The van der Waals surface area contributed by atoms with Crippen LogP contribution in [0.15, 0.2) is 84.5 Å². The summed E-state index contributed by atoms with van der Waals surface area (Å²) in [4.78, 5) is 26.2. The van der Waals surface area contributed by atoms with Gasteiger partial charge in [-0.1, -0.05) is 6.07 Å². The molecule has 8 nitrogen and oxygen atoms in total. The molecule has 1 atom stereocenters. The van der Waals surface area contributed by atoms with Gasteiger partial charge in [0.2, 0.25) is 5.95 Å². The Bertz CT molecular complexity index is 1300. The molecule has 9 heteroatoms. The third kappa shape index (κ3) is 3.60. The lowest BCUT2D eigenvalue weighted by molar-refractivity contribution is -0.113. The third-order valence-electron chi connectivity index (χ3n) is 5.13. The first kappa shape index (κ1) is 19.6. The van der Waals surface area contributed by atoms with E-state index in [9.17, 15) is 9.18 Å². The van der Waals surface area contributed by atoms with Crippen molar-refractivity contribution in [3.63, 3.8) is 0 Å². The number of hydrogen-bond donors (Lipinski definition) is 2. The number of carbonyl (C=O) groups excluding carboxylic acids is 1. The monoisotopic (exact) mass is 427 g/mol. The largest absolute Gasteiger partial charge is 0.328 e. The molecule has 1 aliphatic heterocycles. The van der Waals surface area contributed by atoms with E-state index in [-0.39, 0.29) is 11.7 Å². The SMILES string of the molecule is CC1=C(C(=O)Nc2ccccn2)C(c2ccncc2)n2nc(-c3ccc(F)cc3)nc2N1. The first-order chi connectivity index (χ1) is 15.6. The molecule has 1 aliphatic rings. The topological polar surface area (TPSA) is 97.6 Å². The highest BCUT2D eigenvalue weighted by molar-refractivity contribution is 6.05. The summed E-state index contributed by atoms with van der Waals surface area (Å²) in [5.41, 5.74) is 2.61. The number of allylic oxidation sites excluding steroid dienone is 1. The lowest BCUT2D eigenvalue weighted by Gasteiger charge is -2.28. The Kier molecular flexibility index (Phi) is 4.91. The van der Waals surface area contributed by atoms with Crippen LogP contribution in [0.5, 0.6) is 0 Å². The number of rotatable bonds is 4. The predicted molar refractivity (Wildman–Crippen MR) is 117 cm³/mol. The highest BCUT2D eigenvalue weighted by Gasteiger charge is 2.34. The number of anilines is 2. The second kappa shape index (κ2) is 8.03. The Morgan fingerprint density at radius 3 is 2.56 bits per heavy atom. The molecule has 1 amide bonds. The summed E-state index contributed by atoms with van der Waals surface area (Å²) in [6.07, 6.45) is 4.94. The fourth-order valence-electron chi connectivity index (χ4n) is 3.64. The van der Waals surface area contributed by atoms with Crippen LogP contribution in [0.25, 0.3) is 11.4 Å². The van der Waals surface area contributed by atoms with Crippen molar-refractivity contribution in [1.29, 1.82) is 0 Å². The first-order valence-corrected chi connectivity index (χ1v) is 9.93. The van der Waals surface area contributed by atoms with Gasteiger partial charge < -0.3 is 10.6 Å². The van der Waals surface area contributed by atoms with Crippen molar-refractivity contribution in [2.75, 3.05) is 10.6 Å². The van der Waals surface area contributed by atoms with Crippen LogP contribution in [0.3, 0.4) is 0 Å². The highest BCUT2D eigenvalue weighted by Crippen LogP contribution is 2.36. The van der Waals surface area contributed by atoms with Crippen LogP contribution in [0.2, 0.25) is 0 Å². The molecule has 158 valence electrons. The average Bonchev–Trinajstić information content (AvgIpc) is 3.23. The van der Waals surface area contributed by atoms with Gasteiger partial charge in [-0.15, -0.1) is 5.10 Å². The Morgan fingerprint density at radius 1 is 1.06 bits per heavy atom. The normalized spacial score (nSPS) is 15.1. The van der Waals surface area contributed by atoms with Crippen LogP contribution in [0.1, 0.15) is 18.5 Å². The van der Waals surface area contributed by atoms with Crippen LogP contribution in [-0.4, -0.2) is 30.6 Å². The van der Waals surface area contributed by atoms with E-state index in [0.29, 0.717) is 34.4 Å². The highest BCUT2D eigenvalue weighted by atomic mass is 19.1. The summed E-state index contributed by atoms with van der Waals surface area (Å²) in [6, 6.07) is 14.4. The van der Waals surface area contributed by atoms with Gasteiger partial charge in [-0.05, 0) is 61.0 Å². The summed E-state index contributed by atoms with van der Waals surface area (Å²) in [5, 5.41) is 10.7. The Balaban J connectivity index is 1.59. The maximum absolute atomic E-state index is 13.4. The number of nitrogens with one attached hydrogen (secondary N) is 2. The Labute approximate surface area is 182 Å². The predicted octanol–water partition coefficient (Wildman–Crippen LogP) is 3.80. The number of fused-ring (bicyclic) bond motifs is 1. The molecule has 3 aromatic heterocycles. The zero-order valence-corrected chi connectivity index (χ0v) is 17.0. The first-order valence-electron chi connectivity index (χ1n) is 9.93. The van der Waals surface area contributed by atoms with Gasteiger partial charge in [-0.3, -0.25) is 9.78 Å². The van der Waals surface area contributed by atoms with Crippen LogP contribution < -0.4 is 10.6 Å². The summed E-state index contributed by atoms with van der Waals surface area (Å²) in [5.74, 6) is 0.711. The van der Waals surface area contributed by atoms with E-state index in [4.69, 9.17) is 0 Å². The maximum Gasteiger partial charge on any atom is 0.257 e. The number of pyridine rings is 2. The smallest absolute Gasteiger partial charge is 0.257 e. The van der Waals surface area contributed by atoms with E-state index in [2.05, 4.69) is 30.7 Å². The minimum atomic E-state index is -0.542. The summed E-state index contributed by atoms with van der Waals surface area (Å²) >= 11 is 0. The van der Waals surface area contributed by atoms with E-state index in [1.807, 2.05) is 19.1 Å². The average molecular weight is 427 g/mol. The third-order valence-corrected chi connectivity index (χ3v) is 5.13. The quantitative estimate of drug-likeness (QED) is 0.514. The van der Waals surface area contributed by atoms with E-state index < -0.39 is 6.04 Å². The molecular weight excluding hydrogens is 409 g/mol. The van der Waals surface area contributed by atoms with Crippen molar-refractivity contribution in [3.8, 4) is 11.4 Å². The molecule has 0 saturated carbocycles. The maximum atomic E-state index is 13.4. The van der Waals surface area contributed by atoms with Gasteiger partial charge in [-0.2, -0.15) is 4.98 Å². The number of nitrogens with zero attached hydrogens (tertiary/aromatic N) is 5. The van der Waals surface area contributed by atoms with Crippen LogP contribution >= 0.6 is 0 Å². The van der Waals surface area contributed by atoms with Gasteiger partial charge in [0.1, 0.15) is 17.7 Å². The zero-order chi connectivity index (χ0) is 22.1. The molecular formula is C23H18FN7O. The van der Waals surface area contributed by atoms with Gasteiger partial charge in [-0.25, -0.2) is 14.1 Å². The van der Waals surface area contributed by atoms with Crippen molar-refractivity contribution in [3.05, 3.63) is 95.8 Å². The van der Waals surface area contributed by atoms with E-state index >= 15 is 0 Å². The number of hydrogen-bond acceptors (Lipinski definition) is 6. The van der Waals surface area contributed by atoms with Crippen molar-refractivity contribution < 1.29 is 9.18 Å². The number of benzene rings is 1. The van der Waals surface area contributed by atoms with Crippen molar-refractivity contribution in [1.82, 2.24) is 24.7 Å². The van der Waals surface area contributed by atoms with E-state index in [1.54, 1.807) is 53.6 Å². The summed E-state index contributed by atoms with van der Waals surface area (Å²) in [6.45, 7) is 1.82. The van der Waals surface area contributed by atoms with E-state index in [0.717, 1.165) is 5.56 Å². The molecule has 0 fully saturated rings. The lowest BCUT2D eigenvalue weighted by Crippen LogP contribution is -2.31. The van der Waals surface area contributed by atoms with Gasteiger partial charge in [0.25, 0.3) is 5.91 Å². The summed E-state index contributed by atoms with van der Waals surface area (Å²) < 4.78 is 15.0. The van der Waals surface area contributed by atoms with Crippen LogP contribution in [-0.2, 0) is 4.79 Å². The zero-order valence-electron chi connectivity index (χ0n) is 17.0. The second-order valence-corrected chi connectivity index (χ2v) is 7.23. The number of carbonyl (C=O) groups is 1. The molecule has 0 bridgehead atoms. The molecule has 1 aromatic carbocycles. The number of halogens is 1. The van der Waals surface area contributed by atoms with Gasteiger partial charge in [0.15, 0.2) is 5.82 Å². The van der Waals surface area contributed by atoms with Crippen LogP contribution in [0, 0.1) is 5.82 Å². The molecule has 4 aromatic rings. The van der Waals surface area contributed by atoms with Gasteiger partial charge in [0.05, 0.1) is 5.57 Å². The minimum Gasteiger partial charge on any atom is -0.328 e. The van der Waals surface area contributed by atoms with Gasteiger partial charge >= 0.3 is 0 Å². The molecule has 0 spiro atoms. The molecule has 5 rings (SSSR count). The minimum absolute atomic E-state index is 0.306. The van der Waals surface area contributed by atoms with E-state index in [1.165, 1.54) is 12.1 Å². The number of amides is 1. The van der Waals surface area contributed by atoms with Crippen molar-refractivity contribution >= 4 is 17.7 Å². The molecule has 1 unspecified atom stereocenters. The Hall–Kier alpha value is -4.40. The fraction of sp³-hybridized carbons (Fsp3) is 0.0870. The molecule has 4 heterocycles. The van der Waals surface area contributed by atoms with Crippen molar-refractivity contribution in [2.45, 2.75) is 13.0 Å². The molecule has 2 N–H and O–H groups in total.